The Labute approximate surface area is 191 Å². The first kappa shape index (κ1) is 25.3. The molecular formula is C20H35IN6O2. The second-order valence-electron chi connectivity index (χ2n) is 6.71. The van der Waals surface area contributed by atoms with Crippen LogP contribution in [0.5, 0.6) is 0 Å². The summed E-state index contributed by atoms with van der Waals surface area (Å²) in [5.41, 5.74) is 0. The van der Waals surface area contributed by atoms with Gasteiger partial charge in [0.15, 0.2) is 5.96 Å². The van der Waals surface area contributed by atoms with Crippen LogP contribution in [0, 0.1) is 0 Å². The number of rotatable bonds is 9. The van der Waals surface area contributed by atoms with Crippen molar-refractivity contribution in [3.05, 3.63) is 24.4 Å². The Kier molecular flexibility index (Phi) is 13.2. The van der Waals surface area contributed by atoms with Crippen molar-refractivity contribution in [2.24, 2.45) is 4.99 Å². The fraction of sp³-hybridized carbons (Fsp3) is 0.650. The molecule has 2 heterocycles. The maximum Gasteiger partial charge on any atom is 0.409 e. The lowest BCUT2D eigenvalue weighted by Crippen LogP contribution is -2.49. The van der Waals surface area contributed by atoms with Gasteiger partial charge >= 0.3 is 6.09 Å². The van der Waals surface area contributed by atoms with E-state index in [0.717, 1.165) is 70.2 Å². The molecule has 9 heteroatoms. The number of carbonyl (C=O) groups is 1. The molecule has 2 rings (SSSR count). The molecule has 1 aliphatic heterocycles. The summed E-state index contributed by atoms with van der Waals surface area (Å²) in [5, 5.41) is 10.1. The van der Waals surface area contributed by atoms with Crippen molar-refractivity contribution >= 4 is 41.8 Å². The number of aromatic nitrogens is 1. The molecular weight excluding hydrogens is 483 g/mol. The molecule has 1 aromatic rings. The number of anilines is 1. The number of unbranched alkanes of at least 4 members (excludes halogenated alkanes) is 1. The number of carbonyl (C=O) groups excluding carboxylic acids is 1. The number of pyridine rings is 1. The number of hydrogen-bond acceptors (Lipinski definition) is 5. The van der Waals surface area contributed by atoms with Crippen molar-refractivity contribution in [2.75, 3.05) is 44.6 Å². The summed E-state index contributed by atoms with van der Waals surface area (Å²) in [4.78, 5) is 22.5. The molecule has 0 radical (unpaired) electrons. The fourth-order valence-electron chi connectivity index (χ4n) is 3.05. The quantitative estimate of drug-likeness (QED) is 0.202. The summed E-state index contributed by atoms with van der Waals surface area (Å²) >= 11 is 0. The van der Waals surface area contributed by atoms with Crippen LogP contribution in [-0.2, 0) is 4.74 Å². The molecule has 1 fully saturated rings. The van der Waals surface area contributed by atoms with Gasteiger partial charge in [0.2, 0.25) is 0 Å². The van der Waals surface area contributed by atoms with Gasteiger partial charge in [-0.1, -0.05) is 6.07 Å². The molecule has 1 aliphatic rings. The molecule has 0 unspecified atom stereocenters. The number of halogens is 1. The van der Waals surface area contributed by atoms with E-state index in [4.69, 9.17) is 4.74 Å². The Morgan fingerprint density at radius 3 is 2.72 bits per heavy atom. The maximum atomic E-state index is 11.8. The van der Waals surface area contributed by atoms with Crippen molar-refractivity contribution < 1.29 is 9.53 Å². The van der Waals surface area contributed by atoms with Gasteiger partial charge in [-0.2, -0.15) is 0 Å². The number of guanidine groups is 1. The van der Waals surface area contributed by atoms with Gasteiger partial charge in [-0.05, 0) is 51.7 Å². The van der Waals surface area contributed by atoms with E-state index in [1.807, 2.05) is 25.1 Å². The van der Waals surface area contributed by atoms with E-state index in [1.54, 1.807) is 11.1 Å². The second kappa shape index (κ2) is 15.1. The van der Waals surface area contributed by atoms with Crippen LogP contribution in [0.15, 0.2) is 29.4 Å². The monoisotopic (exact) mass is 518 g/mol. The molecule has 1 amide bonds. The minimum Gasteiger partial charge on any atom is -0.450 e. The van der Waals surface area contributed by atoms with Crippen molar-refractivity contribution in [2.45, 2.75) is 45.6 Å². The van der Waals surface area contributed by atoms with Gasteiger partial charge in [0.05, 0.1) is 6.61 Å². The van der Waals surface area contributed by atoms with Gasteiger partial charge in [-0.3, -0.25) is 4.99 Å². The van der Waals surface area contributed by atoms with Crippen LogP contribution in [0.4, 0.5) is 10.6 Å². The number of nitrogens with one attached hydrogen (secondary N) is 3. The zero-order valence-corrected chi connectivity index (χ0v) is 19.9. The summed E-state index contributed by atoms with van der Waals surface area (Å²) in [5.74, 6) is 1.77. The summed E-state index contributed by atoms with van der Waals surface area (Å²) in [7, 11) is 0. The number of hydrogen-bond donors (Lipinski definition) is 3. The van der Waals surface area contributed by atoms with E-state index in [-0.39, 0.29) is 30.1 Å². The summed E-state index contributed by atoms with van der Waals surface area (Å²) < 4.78 is 5.07. The van der Waals surface area contributed by atoms with Crippen molar-refractivity contribution in [1.29, 1.82) is 0 Å². The topological polar surface area (TPSA) is 90.9 Å². The van der Waals surface area contributed by atoms with Gasteiger partial charge in [-0.25, -0.2) is 9.78 Å². The first-order valence-electron chi connectivity index (χ1n) is 10.3. The Hall–Kier alpha value is -1.78. The minimum absolute atomic E-state index is 0. The summed E-state index contributed by atoms with van der Waals surface area (Å²) in [6.07, 6.45) is 5.43. The van der Waals surface area contributed by atoms with Crippen LogP contribution in [0.1, 0.15) is 39.5 Å². The molecule has 1 saturated heterocycles. The van der Waals surface area contributed by atoms with Crippen LogP contribution in [-0.4, -0.2) is 67.3 Å². The number of aliphatic imine (C=N–C) groups is 1. The fourth-order valence-corrected chi connectivity index (χ4v) is 3.05. The van der Waals surface area contributed by atoms with E-state index < -0.39 is 0 Å². The van der Waals surface area contributed by atoms with Gasteiger partial charge in [0.1, 0.15) is 5.82 Å². The van der Waals surface area contributed by atoms with Crippen LogP contribution in [0.2, 0.25) is 0 Å². The molecule has 8 nitrogen and oxygen atoms in total. The third-order valence-electron chi connectivity index (χ3n) is 4.53. The molecule has 164 valence electrons. The number of piperidine rings is 1. The van der Waals surface area contributed by atoms with Crippen LogP contribution < -0.4 is 16.0 Å². The van der Waals surface area contributed by atoms with Gasteiger partial charge in [-0.15, -0.1) is 24.0 Å². The molecule has 29 heavy (non-hydrogen) atoms. The summed E-state index contributed by atoms with van der Waals surface area (Å²) in [6, 6.07) is 6.19. The Bertz CT molecular complexity index is 594. The van der Waals surface area contributed by atoms with Crippen LogP contribution >= 0.6 is 24.0 Å². The first-order valence-corrected chi connectivity index (χ1v) is 10.3. The largest absolute Gasteiger partial charge is 0.450 e. The lowest BCUT2D eigenvalue weighted by molar-refractivity contribution is 0.0963. The highest BCUT2D eigenvalue weighted by molar-refractivity contribution is 14.0. The molecule has 1 aromatic heterocycles. The minimum atomic E-state index is -0.208. The average Bonchev–Trinajstić information content (AvgIpc) is 2.72. The van der Waals surface area contributed by atoms with Gasteiger partial charge < -0.3 is 25.6 Å². The Morgan fingerprint density at radius 2 is 2.07 bits per heavy atom. The molecule has 0 aliphatic carbocycles. The predicted molar refractivity (Wildman–Crippen MR) is 128 cm³/mol. The van der Waals surface area contributed by atoms with Crippen LogP contribution in [0.3, 0.4) is 0 Å². The van der Waals surface area contributed by atoms with Crippen molar-refractivity contribution in [3.63, 3.8) is 0 Å². The highest BCUT2D eigenvalue weighted by Gasteiger charge is 2.23. The first-order chi connectivity index (χ1) is 13.7. The third kappa shape index (κ3) is 10.00. The number of nitrogens with zero attached hydrogens (tertiary/aromatic N) is 3. The van der Waals surface area contributed by atoms with Crippen LogP contribution in [0.25, 0.3) is 0 Å². The van der Waals surface area contributed by atoms with E-state index >= 15 is 0 Å². The zero-order chi connectivity index (χ0) is 20.0. The summed E-state index contributed by atoms with van der Waals surface area (Å²) in [6.45, 7) is 8.26. The van der Waals surface area contributed by atoms with E-state index in [1.165, 1.54) is 0 Å². The predicted octanol–water partition coefficient (Wildman–Crippen LogP) is 3.07. The van der Waals surface area contributed by atoms with E-state index in [0.29, 0.717) is 12.6 Å². The smallest absolute Gasteiger partial charge is 0.409 e. The lowest BCUT2D eigenvalue weighted by atomic mass is 10.1. The number of amides is 1. The Morgan fingerprint density at radius 1 is 1.28 bits per heavy atom. The van der Waals surface area contributed by atoms with Gasteiger partial charge in [0.25, 0.3) is 0 Å². The van der Waals surface area contributed by atoms with E-state index in [9.17, 15) is 4.79 Å². The normalized spacial score (nSPS) is 14.7. The average molecular weight is 518 g/mol. The lowest BCUT2D eigenvalue weighted by Gasteiger charge is -2.32. The molecule has 3 N–H and O–H groups in total. The maximum absolute atomic E-state index is 11.8. The Balaban J connectivity index is 0.00000420. The SMILES string of the molecule is CCNC(=NCCCCNc1ccccn1)NC1CCN(C(=O)OCC)CC1.I. The van der Waals surface area contributed by atoms with Crippen molar-refractivity contribution in [3.8, 4) is 0 Å². The number of ether oxygens (including phenoxy) is 1. The van der Waals surface area contributed by atoms with Crippen molar-refractivity contribution in [1.82, 2.24) is 20.5 Å². The molecule has 0 aromatic carbocycles. The third-order valence-corrected chi connectivity index (χ3v) is 4.53. The highest BCUT2D eigenvalue weighted by Crippen LogP contribution is 2.11. The van der Waals surface area contributed by atoms with Gasteiger partial charge in [0, 0.05) is 45.0 Å². The number of likely N-dealkylation sites (tertiary alicyclic amines) is 1. The zero-order valence-electron chi connectivity index (χ0n) is 17.5. The standard InChI is InChI=1S/C20H34N6O2.HI/c1-3-21-19(24-14-8-7-13-23-18-9-5-6-12-22-18)25-17-10-15-26(16-11-17)20(27)28-4-2;/h5-6,9,12,17H,3-4,7-8,10-11,13-16H2,1-2H3,(H,22,23)(H2,21,24,25);1H. The molecule has 0 spiro atoms. The molecule has 0 atom stereocenters. The second-order valence-corrected chi connectivity index (χ2v) is 6.71. The molecule has 0 bridgehead atoms. The van der Waals surface area contributed by atoms with E-state index in [2.05, 4.69) is 32.9 Å². The molecule has 0 saturated carbocycles. The highest BCUT2D eigenvalue weighted by atomic mass is 127.